The Hall–Kier alpha value is -1.33. The van der Waals surface area contributed by atoms with E-state index in [-0.39, 0.29) is 40.3 Å². The van der Waals surface area contributed by atoms with E-state index in [1.807, 2.05) is 0 Å². The maximum Gasteiger partial charge on any atom is 1.00 e. The molecule has 0 N–H and O–H groups in total. The van der Waals surface area contributed by atoms with Crippen LogP contribution in [0.25, 0.3) is 0 Å². The van der Waals surface area contributed by atoms with Gasteiger partial charge in [-0.05, 0) is 55.8 Å². The average molecular weight is 463 g/mol. The van der Waals surface area contributed by atoms with Gasteiger partial charge in [-0.3, -0.25) is 4.79 Å². The van der Waals surface area contributed by atoms with Crippen LogP contribution >= 0.6 is 23.2 Å². The molecule has 1 aliphatic heterocycles. The van der Waals surface area contributed by atoms with Crippen molar-refractivity contribution in [1.82, 2.24) is 0 Å². The molecule has 1 amide bonds. The summed E-state index contributed by atoms with van der Waals surface area (Å²) in [4.78, 5) is 12.1. The summed E-state index contributed by atoms with van der Waals surface area (Å²) in [6, 6.07) is 7.76. The van der Waals surface area contributed by atoms with Crippen molar-refractivity contribution in [3.63, 3.8) is 0 Å². The number of hydrogen-bond acceptors (Lipinski definition) is 7. The minimum absolute atomic E-state index is 0. The van der Waals surface area contributed by atoms with Crippen LogP contribution in [0.3, 0.4) is 0 Å². The molecule has 0 saturated heterocycles. The number of benzene rings is 2. The molecule has 0 aromatic heterocycles. The van der Waals surface area contributed by atoms with Crippen LogP contribution in [0.4, 0.5) is 11.4 Å². The van der Waals surface area contributed by atoms with Gasteiger partial charge in [-0.1, -0.05) is 23.2 Å². The van der Waals surface area contributed by atoms with Crippen molar-refractivity contribution in [3.05, 3.63) is 52.0 Å². The second-order valence-corrected chi connectivity index (χ2v) is 8.20. The summed E-state index contributed by atoms with van der Waals surface area (Å²) in [5.74, 6) is -0.478. The zero-order chi connectivity index (χ0) is 20.6. The van der Waals surface area contributed by atoms with Crippen molar-refractivity contribution in [2.75, 3.05) is 5.01 Å². The summed E-state index contributed by atoms with van der Waals surface area (Å²) in [6.45, 7) is 3.14. The maximum atomic E-state index is 12.6. The van der Waals surface area contributed by atoms with E-state index in [1.165, 1.54) is 6.07 Å². The number of amides is 1. The third-order valence-corrected chi connectivity index (χ3v) is 5.48. The van der Waals surface area contributed by atoms with Crippen molar-refractivity contribution >= 4 is 56.3 Å². The molecule has 1 unspecified atom stereocenters. The SMILES string of the molecule is CC1=NN(c2ccc(Cl)cc2)C(=O)C1N=Nc1cc(Cl)c(C)cc1S(=O)(=O)[O-].[Na+]. The van der Waals surface area contributed by atoms with Gasteiger partial charge in [0.25, 0.3) is 5.91 Å². The van der Waals surface area contributed by atoms with Crippen molar-refractivity contribution in [3.8, 4) is 0 Å². The van der Waals surface area contributed by atoms with Gasteiger partial charge in [0.1, 0.15) is 15.8 Å². The van der Waals surface area contributed by atoms with Gasteiger partial charge in [-0.15, -0.1) is 0 Å². The van der Waals surface area contributed by atoms with Crippen LogP contribution in [0.15, 0.2) is 56.6 Å². The number of hydrogen-bond donors (Lipinski definition) is 0. The molecule has 0 bridgehead atoms. The molecule has 29 heavy (non-hydrogen) atoms. The molecule has 1 heterocycles. The summed E-state index contributed by atoms with van der Waals surface area (Å²) in [6.07, 6.45) is 0. The van der Waals surface area contributed by atoms with Crippen LogP contribution in [0.1, 0.15) is 12.5 Å². The second kappa shape index (κ2) is 9.22. The fourth-order valence-electron chi connectivity index (χ4n) is 2.50. The molecule has 2 aromatic rings. The zero-order valence-electron chi connectivity index (χ0n) is 15.6. The summed E-state index contributed by atoms with van der Waals surface area (Å²) >= 11 is 11.8. The fraction of sp³-hybridized carbons (Fsp3) is 0.176. The first-order chi connectivity index (χ1) is 13.1. The topological polar surface area (TPSA) is 115 Å². The second-order valence-electron chi connectivity index (χ2n) is 6.01. The Kier molecular flexibility index (Phi) is 7.61. The number of carbonyl (C=O) groups is 1. The fourth-order valence-corrected chi connectivity index (χ4v) is 3.46. The van der Waals surface area contributed by atoms with Gasteiger partial charge in [-0.2, -0.15) is 20.3 Å². The van der Waals surface area contributed by atoms with Crippen LogP contribution < -0.4 is 34.6 Å². The van der Waals surface area contributed by atoms with Crippen molar-refractivity contribution in [1.29, 1.82) is 0 Å². The van der Waals surface area contributed by atoms with Crippen molar-refractivity contribution < 1.29 is 47.3 Å². The largest absolute Gasteiger partial charge is 1.00 e. The van der Waals surface area contributed by atoms with Crippen LogP contribution in [0.2, 0.25) is 10.0 Å². The van der Waals surface area contributed by atoms with Crippen LogP contribution in [0, 0.1) is 6.92 Å². The Balaban J connectivity index is 0.00000300. The molecule has 1 atom stereocenters. The third kappa shape index (κ3) is 5.24. The maximum absolute atomic E-state index is 12.6. The van der Waals surface area contributed by atoms with Gasteiger partial charge in [-0.25, -0.2) is 8.42 Å². The monoisotopic (exact) mass is 462 g/mol. The molecule has 0 fully saturated rings. The average Bonchev–Trinajstić information content (AvgIpc) is 2.89. The van der Waals surface area contributed by atoms with E-state index in [0.717, 1.165) is 11.1 Å². The molecule has 2 aromatic carbocycles. The number of anilines is 1. The van der Waals surface area contributed by atoms with Crippen LogP contribution in [-0.2, 0) is 14.9 Å². The quantitative estimate of drug-likeness (QED) is 0.384. The molecule has 146 valence electrons. The summed E-state index contributed by atoms with van der Waals surface area (Å²) in [5.41, 5.74) is 1.01. The van der Waals surface area contributed by atoms with Gasteiger partial charge >= 0.3 is 29.6 Å². The van der Waals surface area contributed by atoms with E-state index >= 15 is 0 Å². The number of halogens is 2. The van der Waals surface area contributed by atoms with Gasteiger partial charge in [0.2, 0.25) is 0 Å². The molecule has 0 radical (unpaired) electrons. The van der Waals surface area contributed by atoms with E-state index in [9.17, 15) is 17.8 Å². The molecule has 0 saturated carbocycles. The van der Waals surface area contributed by atoms with Crippen LogP contribution in [0.5, 0.6) is 0 Å². The van der Waals surface area contributed by atoms with E-state index in [4.69, 9.17) is 23.2 Å². The molecular formula is C17H13Cl2N4NaO4S. The summed E-state index contributed by atoms with van der Waals surface area (Å²) in [7, 11) is -4.80. The van der Waals surface area contributed by atoms with E-state index in [2.05, 4.69) is 15.3 Å². The normalized spacial score (nSPS) is 16.9. The molecule has 8 nitrogen and oxygen atoms in total. The first-order valence-corrected chi connectivity index (χ1v) is 10.1. The summed E-state index contributed by atoms with van der Waals surface area (Å²) in [5, 5.41) is 13.8. The van der Waals surface area contributed by atoms with Crippen molar-refractivity contribution in [2.45, 2.75) is 24.8 Å². The van der Waals surface area contributed by atoms with Crippen molar-refractivity contribution in [2.24, 2.45) is 15.3 Å². The van der Waals surface area contributed by atoms with Gasteiger partial charge in [0.15, 0.2) is 6.04 Å². The third-order valence-electron chi connectivity index (χ3n) is 3.96. The standard InChI is InChI=1S/C17H14Cl2N4O4S.Na/c1-9-7-15(28(25,26)27)14(8-13(9)19)20-21-16-10(2)22-23(17(16)24)12-5-3-11(18)4-6-12;/h3-8,16H,1-2H3,(H,25,26,27);/q;+1/p-1. The number of rotatable bonds is 4. The van der Waals surface area contributed by atoms with Crippen LogP contribution in [-0.4, -0.2) is 30.6 Å². The Labute approximate surface area is 199 Å². The number of hydrazone groups is 1. The Morgan fingerprint density at radius 2 is 1.76 bits per heavy atom. The van der Waals surface area contributed by atoms with E-state index < -0.39 is 27.0 Å². The number of azo groups is 1. The Morgan fingerprint density at radius 1 is 1.14 bits per heavy atom. The first kappa shape index (κ1) is 23.9. The predicted molar refractivity (Wildman–Crippen MR) is 105 cm³/mol. The minimum atomic E-state index is -4.80. The molecule has 0 spiro atoms. The van der Waals surface area contributed by atoms with Gasteiger partial charge in [0.05, 0.1) is 16.3 Å². The van der Waals surface area contributed by atoms with E-state index in [0.29, 0.717) is 22.0 Å². The minimum Gasteiger partial charge on any atom is -0.744 e. The predicted octanol–water partition coefficient (Wildman–Crippen LogP) is 1.08. The molecule has 0 aliphatic carbocycles. The zero-order valence-corrected chi connectivity index (χ0v) is 20.0. The number of carbonyl (C=O) groups excluding carboxylic acids is 1. The molecule has 3 rings (SSSR count). The van der Waals surface area contributed by atoms with Gasteiger partial charge < -0.3 is 4.55 Å². The smallest absolute Gasteiger partial charge is 0.744 e. The number of aryl methyl sites for hydroxylation is 1. The molecule has 12 heteroatoms. The number of nitrogens with zero attached hydrogens (tertiary/aromatic N) is 4. The molecular weight excluding hydrogens is 450 g/mol. The summed E-state index contributed by atoms with van der Waals surface area (Å²) < 4.78 is 34.5. The Morgan fingerprint density at radius 3 is 2.34 bits per heavy atom. The Bertz CT molecular complexity index is 1120. The first-order valence-electron chi connectivity index (χ1n) is 7.89. The van der Waals surface area contributed by atoms with E-state index in [1.54, 1.807) is 38.1 Å². The molecule has 1 aliphatic rings. The van der Waals surface area contributed by atoms with Gasteiger partial charge in [0, 0.05) is 10.0 Å².